The SMILES string of the molecule is CCCCCCC/C(=N\OC(C)=O)c1ccc(Sc2ccc(C(=O)c3oc4ccccc4c3C)cc2)cc1. The molecule has 0 aliphatic rings. The number of aryl methyl sites for hydroxylation is 1. The van der Waals surface area contributed by atoms with Crippen molar-refractivity contribution in [3.8, 4) is 0 Å². The van der Waals surface area contributed by atoms with Crippen molar-refractivity contribution in [1.82, 2.24) is 0 Å². The number of nitrogens with zero attached hydrogens (tertiary/aromatic N) is 1. The van der Waals surface area contributed by atoms with Gasteiger partial charge in [-0.15, -0.1) is 0 Å². The third-order valence-electron chi connectivity index (χ3n) is 6.39. The van der Waals surface area contributed by atoms with Gasteiger partial charge in [-0.25, -0.2) is 4.79 Å². The molecule has 0 spiro atoms. The van der Waals surface area contributed by atoms with Gasteiger partial charge in [-0.3, -0.25) is 4.79 Å². The summed E-state index contributed by atoms with van der Waals surface area (Å²) in [6, 6.07) is 23.4. The number of carbonyl (C=O) groups is 2. The van der Waals surface area contributed by atoms with Crippen molar-refractivity contribution in [2.45, 2.75) is 69.1 Å². The van der Waals surface area contributed by atoms with E-state index in [9.17, 15) is 9.59 Å². The van der Waals surface area contributed by atoms with Gasteiger partial charge >= 0.3 is 5.97 Å². The first-order chi connectivity index (χ1) is 18.5. The number of carbonyl (C=O) groups excluding carboxylic acids is 2. The Kier molecular flexibility index (Phi) is 9.55. The second-order valence-corrected chi connectivity index (χ2v) is 10.5. The summed E-state index contributed by atoms with van der Waals surface area (Å²) in [5.41, 5.74) is 3.92. The van der Waals surface area contributed by atoms with Gasteiger partial charge in [0.15, 0.2) is 5.76 Å². The number of oxime groups is 1. The summed E-state index contributed by atoms with van der Waals surface area (Å²) in [5.74, 6) is -0.147. The molecule has 0 fully saturated rings. The molecule has 0 aliphatic carbocycles. The van der Waals surface area contributed by atoms with Crippen LogP contribution in [0.4, 0.5) is 0 Å². The van der Waals surface area contributed by atoms with Crippen LogP contribution in [0.5, 0.6) is 0 Å². The molecule has 0 bridgehead atoms. The highest BCUT2D eigenvalue weighted by Crippen LogP contribution is 2.30. The van der Waals surface area contributed by atoms with E-state index in [1.54, 1.807) is 11.8 Å². The third kappa shape index (κ3) is 7.01. The highest BCUT2D eigenvalue weighted by atomic mass is 32.2. The van der Waals surface area contributed by atoms with Gasteiger partial charge in [-0.2, -0.15) is 0 Å². The van der Waals surface area contributed by atoms with Crippen LogP contribution in [0.15, 0.2) is 92.2 Å². The topological polar surface area (TPSA) is 68.9 Å². The quantitative estimate of drug-likeness (QED) is 0.0605. The maximum absolute atomic E-state index is 13.1. The maximum Gasteiger partial charge on any atom is 0.331 e. The van der Waals surface area contributed by atoms with E-state index in [2.05, 4.69) is 12.1 Å². The molecule has 4 aromatic rings. The molecule has 0 saturated heterocycles. The maximum atomic E-state index is 13.1. The van der Waals surface area contributed by atoms with Crippen LogP contribution in [0, 0.1) is 6.92 Å². The van der Waals surface area contributed by atoms with Gasteiger partial charge in [0.05, 0.1) is 5.71 Å². The zero-order valence-corrected chi connectivity index (χ0v) is 23.0. The molecule has 196 valence electrons. The molecule has 6 heteroatoms. The van der Waals surface area contributed by atoms with Crippen LogP contribution >= 0.6 is 11.8 Å². The fraction of sp³-hybridized carbons (Fsp3) is 0.281. The van der Waals surface area contributed by atoms with Crippen molar-refractivity contribution in [3.63, 3.8) is 0 Å². The molecular weight excluding hydrogens is 494 g/mol. The smallest absolute Gasteiger partial charge is 0.331 e. The van der Waals surface area contributed by atoms with Gasteiger partial charge < -0.3 is 9.25 Å². The molecule has 0 unspecified atom stereocenters. The normalized spacial score (nSPS) is 11.6. The molecule has 0 N–H and O–H groups in total. The molecule has 0 radical (unpaired) electrons. The van der Waals surface area contributed by atoms with Crippen molar-refractivity contribution < 1.29 is 18.8 Å². The number of ketones is 1. The number of hydrogen-bond donors (Lipinski definition) is 0. The molecule has 0 amide bonds. The van der Waals surface area contributed by atoms with Crippen LogP contribution in [-0.4, -0.2) is 17.5 Å². The minimum Gasteiger partial charge on any atom is -0.452 e. The Labute approximate surface area is 228 Å². The van der Waals surface area contributed by atoms with Crippen LogP contribution in [0.2, 0.25) is 0 Å². The third-order valence-corrected chi connectivity index (χ3v) is 7.41. The molecule has 0 saturated carbocycles. The number of benzene rings is 3. The lowest BCUT2D eigenvalue weighted by Crippen LogP contribution is -2.04. The van der Waals surface area contributed by atoms with E-state index in [4.69, 9.17) is 9.25 Å². The fourth-order valence-electron chi connectivity index (χ4n) is 4.31. The number of furan rings is 1. The van der Waals surface area contributed by atoms with E-state index in [0.29, 0.717) is 11.3 Å². The highest BCUT2D eigenvalue weighted by molar-refractivity contribution is 7.99. The van der Waals surface area contributed by atoms with E-state index < -0.39 is 5.97 Å². The lowest BCUT2D eigenvalue weighted by Gasteiger charge is -2.08. The summed E-state index contributed by atoms with van der Waals surface area (Å²) in [5, 5.41) is 5.08. The second kappa shape index (κ2) is 13.2. The Balaban J connectivity index is 1.41. The van der Waals surface area contributed by atoms with E-state index in [-0.39, 0.29) is 5.78 Å². The van der Waals surface area contributed by atoms with Gasteiger partial charge in [-0.05, 0) is 67.8 Å². The molecule has 1 heterocycles. The molecule has 1 aromatic heterocycles. The monoisotopic (exact) mass is 527 g/mol. The van der Waals surface area contributed by atoms with Gasteiger partial charge in [-0.1, -0.05) is 79.9 Å². The molecule has 0 aliphatic heterocycles. The first kappa shape index (κ1) is 27.4. The van der Waals surface area contributed by atoms with E-state index in [1.165, 1.54) is 26.2 Å². The van der Waals surface area contributed by atoms with Gasteiger partial charge in [0.1, 0.15) is 5.58 Å². The summed E-state index contributed by atoms with van der Waals surface area (Å²) in [4.78, 5) is 31.4. The molecule has 4 rings (SSSR count). The zero-order chi connectivity index (χ0) is 26.9. The Hall–Kier alpha value is -3.64. The number of hydrogen-bond acceptors (Lipinski definition) is 6. The van der Waals surface area contributed by atoms with Crippen LogP contribution in [0.25, 0.3) is 11.0 Å². The average molecular weight is 528 g/mol. The summed E-state index contributed by atoms with van der Waals surface area (Å²) in [7, 11) is 0. The second-order valence-electron chi connectivity index (χ2n) is 9.32. The van der Waals surface area contributed by atoms with Crippen molar-refractivity contribution in [2.75, 3.05) is 0 Å². The van der Waals surface area contributed by atoms with Gasteiger partial charge in [0.2, 0.25) is 5.78 Å². The van der Waals surface area contributed by atoms with E-state index in [0.717, 1.165) is 56.9 Å². The average Bonchev–Trinajstić information content (AvgIpc) is 3.27. The Bertz CT molecular complexity index is 1420. The molecule has 5 nitrogen and oxygen atoms in total. The summed E-state index contributed by atoms with van der Waals surface area (Å²) in [6.07, 6.45) is 6.55. The minimum absolute atomic E-state index is 0.117. The highest BCUT2D eigenvalue weighted by Gasteiger charge is 2.19. The number of unbranched alkanes of at least 4 members (excludes halogenated alkanes) is 4. The summed E-state index contributed by atoms with van der Waals surface area (Å²) >= 11 is 1.62. The van der Waals surface area contributed by atoms with Crippen LogP contribution in [-0.2, 0) is 9.63 Å². The molecule has 3 aromatic carbocycles. The Morgan fingerprint density at radius 1 is 0.842 bits per heavy atom. The minimum atomic E-state index is -0.418. The van der Waals surface area contributed by atoms with Crippen LogP contribution in [0.3, 0.4) is 0 Å². The number of rotatable bonds is 12. The summed E-state index contributed by atoms with van der Waals surface area (Å²) in [6.45, 7) is 5.48. The molecule has 38 heavy (non-hydrogen) atoms. The Morgan fingerprint density at radius 3 is 2.11 bits per heavy atom. The number of fused-ring (bicyclic) bond motifs is 1. The van der Waals surface area contributed by atoms with Crippen LogP contribution < -0.4 is 0 Å². The summed E-state index contributed by atoms with van der Waals surface area (Å²) < 4.78 is 5.85. The van der Waals surface area contributed by atoms with Crippen molar-refractivity contribution in [3.05, 3.63) is 95.2 Å². The van der Waals surface area contributed by atoms with Crippen molar-refractivity contribution >= 4 is 40.2 Å². The first-order valence-corrected chi connectivity index (χ1v) is 13.9. The van der Waals surface area contributed by atoms with Crippen LogP contribution in [0.1, 0.15) is 79.6 Å². The van der Waals surface area contributed by atoms with Crippen molar-refractivity contribution in [1.29, 1.82) is 0 Å². The standard InChI is InChI=1S/C32H33NO4S/c1-4-5-6-7-8-12-29(33-37-23(3)34)24-14-18-26(19-15-24)38-27-20-16-25(17-21-27)31(35)32-22(2)28-11-9-10-13-30(28)36-32/h9-11,13-21H,4-8,12H2,1-3H3/b33-29+. The Morgan fingerprint density at radius 2 is 1.47 bits per heavy atom. The van der Waals surface area contributed by atoms with E-state index >= 15 is 0 Å². The molecular formula is C32H33NO4S. The largest absolute Gasteiger partial charge is 0.452 e. The lowest BCUT2D eigenvalue weighted by atomic mass is 10.0. The van der Waals surface area contributed by atoms with Gasteiger partial charge in [0.25, 0.3) is 0 Å². The number of para-hydroxylation sites is 1. The van der Waals surface area contributed by atoms with E-state index in [1.807, 2.05) is 79.7 Å². The lowest BCUT2D eigenvalue weighted by molar-refractivity contribution is -0.140. The predicted octanol–water partition coefficient (Wildman–Crippen LogP) is 8.75. The molecule has 0 atom stereocenters. The van der Waals surface area contributed by atoms with Crippen molar-refractivity contribution in [2.24, 2.45) is 5.16 Å². The fourth-order valence-corrected chi connectivity index (χ4v) is 5.12. The first-order valence-electron chi connectivity index (χ1n) is 13.1. The predicted molar refractivity (Wildman–Crippen MR) is 153 cm³/mol. The van der Waals surface area contributed by atoms with Gasteiger partial charge in [0, 0.05) is 33.2 Å². The zero-order valence-electron chi connectivity index (χ0n) is 22.2.